The van der Waals surface area contributed by atoms with Gasteiger partial charge in [0.15, 0.2) is 0 Å². The first-order valence-corrected chi connectivity index (χ1v) is 8.08. The zero-order chi connectivity index (χ0) is 13.7. The van der Waals surface area contributed by atoms with E-state index in [1.165, 1.54) is 36.3 Å². The van der Waals surface area contributed by atoms with E-state index in [0.29, 0.717) is 18.0 Å². The molecule has 1 aromatic carbocycles. The minimum Gasteiger partial charge on any atom is -0.345 e. The van der Waals surface area contributed by atoms with Crippen molar-refractivity contribution in [3.05, 3.63) is 40.3 Å². The number of fused-ring (bicyclic) bond motifs is 2. The Morgan fingerprint density at radius 2 is 2.00 bits per heavy atom. The third-order valence-electron chi connectivity index (χ3n) is 4.67. The Balaban J connectivity index is 1.67. The number of benzene rings is 1. The average Bonchev–Trinajstić information content (AvgIpc) is 3.14. The molecule has 0 spiro atoms. The van der Waals surface area contributed by atoms with Crippen molar-refractivity contribution < 1.29 is 0 Å². The van der Waals surface area contributed by atoms with E-state index in [9.17, 15) is 0 Å². The number of hydrogen-bond donors (Lipinski definition) is 2. The Kier molecular flexibility index (Phi) is 2.97. The first kappa shape index (κ1) is 12.6. The van der Waals surface area contributed by atoms with Crippen LogP contribution in [0.15, 0.2) is 28.7 Å². The van der Waals surface area contributed by atoms with Gasteiger partial charge in [-0.2, -0.15) is 0 Å². The largest absolute Gasteiger partial charge is 0.345 e. The Labute approximate surface area is 127 Å². The van der Waals surface area contributed by atoms with E-state index in [4.69, 9.17) is 4.98 Å². The molecule has 104 valence electrons. The second kappa shape index (κ2) is 4.71. The molecule has 4 rings (SSSR count). The van der Waals surface area contributed by atoms with Crippen molar-refractivity contribution in [2.75, 3.05) is 0 Å². The molecule has 2 aromatic rings. The zero-order valence-corrected chi connectivity index (χ0v) is 13.1. The van der Waals surface area contributed by atoms with Gasteiger partial charge in [0.05, 0.1) is 5.69 Å². The molecule has 0 radical (unpaired) electrons. The summed E-state index contributed by atoms with van der Waals surface area (Å²) in [6, 6.07) is 9.73. The number of nitrogens with one attached hydrogen (secondary N) is 2. The fourth-order valence-electron chi connectivity index (χ4n) is 3.67. The Morgan fingerprint density at radius 3 is 2.65 bits per heavy atom. The Morgan fingerprint density at radius 1 is 1.20 bits per heavy atom. The van der Waals surface area contributed by atoms with Crippen LogP contribution in [0.4, 0.5) is 0 Å². The molecule has 2 saturated heterocycles. The number of aryl methyl sites for hydroxylation is 1. The van der Waals surface area contributed by atoms with Gasteiger partial charge >= 0.3 is 0 Å². The van der Waals surface area contributed by atoms with Crippen LogP contribution in [-0.4, -0.2) is 22.1 Å². The molecule has 4 heteroatoms. The fourth-order valence-corrected chi connectivity index (χ4v) is 3.94. The van der Waals surface area contributed by atoms with Crippen molar-refractivity contribution in [1.29, 1.82) is 0 Å². The van der Waals surface area contributed by atoms with Crippen LogP contribution in [0.25, 0.3) is 11.3 Å². The van der Waals surface area contributed by atoms with Crippen LogP contribution < -0.4 is 5.32 Å². The summed E-state index contributed by atoms with van der Waals surface area (Å²) in [5.41, 5.74) is 3.45. The zero-order valence-electron chi connectivity index (χ0n) is 11.5. The highest BCUT2D eigenvalue weighted by molar-refractivity contribution is 9.10. The molecule has 3 nitrogen and oxygen atoms in total. The van der Waals surface area contributed by atoms with Gasteiger partial charge in [-0.15, -0.1) is 0 Å². The van der Waals surface area contributed by atoms with Crippen LogP contribution in [-0.2, 0) is 0 Å². The van der Waals surface area contributed by atoms with Gasteiger partial charge in [-0.3, -0.25) is 0 Å². The van der Waals surface area contributed by atoms with E-state index in [1.807, 2.05) is 0 Å². The van der Waals surface area contributed by atoms with E-state index in [-0.39, 0.29) is 0 Å². The van der Waals surface area contributed by atoms with Gasteiger partial charge in [0.1, 0.15) is 5.82 Å². The lowest BCUT2D eigenvalue weighted by atomic mass is 9.89. The SMILES string of the molecule is Cc1[nH]c(C2CC3CCC2N3)nc1-c1ccc(Br)cc1. The minimum atomic E-state index is 0.566. The third-order valence-corrected chi connectivity index (χ3v) is 5.20. The highest BCUT2D eigenvalue weighted by Gasteiger charge is 2.41. The maximum Gasteiger partial charge on any atom is 0.111 e. The van der Waals surface area contributed by atoms with Crippen molar-refractivity contribution in [2.45, 2.75) is 44.2 Å². The molecule has 3 heterocycles. The molecule has 3 atom stereocenters. The number of halogens is 1. The van der Waals surface area contributed by atoms with Gasteiger partial charge in [0, 0.05) is 33.7 Å². The molecule has 2 bridgehead atoms. The van der Waals surface area contributed by atoms with Gasteiger partial charge in [-0.05, 0) is 38.3 Å². The summed E-state index contributed by atoms with van der Waals surface area (Å²) in [5.74, 6) is 1.73. The van der Waals surface area contributed by atoms with Gasteiger partial charge in [-0.25, -0.2) is 4.98 Å². The molecule has 3 unspecified atom stereocenters. The number of imidazole rings is 1. The molecule has 2 aliphatic heterocycles. The second-order valence-corrected chi connectivity index (χ2v) is 6.91. The van der Waals surface area contributed by atoms with Gasteiger partial charge < -0.3 is 10.3 Å². The molecule has 0 saturated carbocycles. The lowest BCUT2D eigenvalue weighted by Crippen LogP contribution is -2.22. The number of aromatic amines is 1. The van der Waals surface area contributed by atoms with E-state index in [0.717, 1.165) is 10.2 Å². The predicted octanol–water partition coefficient (Wildman–Crippen LogP) is 3.76. The van der Waals surface area contributed by atoms with E-state index >= 15 is 0 Å². The van der Waals surface area contributed by atoms with Crippen LogP contribution in [0.5, 0.6) is 0 Å². The molecule has 2 fully saturated rings. The van der Waals surface area contributed by atoms with E-state index in [1.54, 1.807) is 0 Å². The number of hydrogen-bond acceptors (Lipinski definition) is 2. The van der Waals surface area contributed by atoms with E-state index in [2.05, 4.69) is 57.4 Å². The normalized spacial score (nSPS) is 28.2. The molecule has 0 amide bonds. The summed E-state index contributed by atoms with van der Waals surface area (Å²) in [6.07, 6.45) is 3.86. The van der Waals surface area contributed by atoms with Crippen molar-refractivity contribution in [3.63, 3.8) is 0 Å². The average molecular weight is 332 g/mol. The highest BCUT2D eigenvalue weighted by Crippen LogP contribution is 2.39. The van der Waals surface area contributed by atoms with Crippen molar-refractivity contribution in [3.8, 4) is 11.3 Å². The van der Waals surface area contributed by atoms with Crippen LogP contribution in [0.2, 0.25) is 0 Å². The molecular weight excluding hydrogens is 314 g/mol. The lowest BCUT2D eigenvalue weighted by Gasteiger charge is -2.17. The first-order valence-electron chi connectivity index (χ1n) is 7.29. The minimum absolute atomic E-state index is 0.566. The summed E-state index contributed by atoms with van der Waals surface area (Å²) in [5, 5.41) is 3.69. The van der Waals surface area contributed by atoms with Crippen molar-refractivity contribution >= 4 is 15.9 Å². The van der Waals surface area contributed by atoms with Crippen molar-refractivity contribution in [2.24, 2.45) is 0 Å². The molecule has 20 heavy (non-hydrogen) atoms. The van der Waals surface area contributed by atoms with Crippen LogP contribution in [0, 0.1) is 6.92 Å². The quantitative estimate of drug-likeness (QED) is 0.879. The van der Waals surface area contributed by atoms with Gasteiger partial charge in [0.2, 0.25) is 0 Å². The Bertz CT molecular complexity index is 632. The molecule has 0 aliphatic carbocycles. The fraction of sp³-hybridized carbons (Fsp3) is 0.438. The number of aromatic nitrogens is 2. The number of nitrogens with zero attached hydrogens (tertiary/aromatic N) is 1. The summed E-state index contributed by atoms with van der Waals surface area (Å²) in [7, 11) is 0. The second-order valence-electron chi connectivity index (χ2n) is 5.99. The van der Waals surface area contributed by atoms with Crippen LogP contribution in [0.3, 0.4) is 0 Å². The smallest absolute Gasteiger partial charge is 0.111 e. The predicted molar refractivity (Wildman–Crippen MR) is 83.8 cm³/mol. The summed E-state index contributed by atoms with van der Waals surface area (Å²) >= 11 is 3.48. The van der Waals surface area contributed by atoms with Gasteiger partial charge in [-0.1, -0.05) is 28.1 Å². The summed E-state index contributed by atoms with van der Waals surface area (Å²) in [4.78, 5) is 8.42. The van der Waals surface area contributed by atoms with Crippen molar-refractivity contribution in [1.82, 2.24) is 15.3 Å². The molecule has 2 aliphatic rings. The Hall–Kier alpha value is -1.13. The first-order chi connectivity index (χ1) is 9.70. The highest BCUT2D eigenvalue weighted by atomic mass is 79.9. The maximum atomic E-state index is 4.90. The lowest BCUT2D eigenvalue weighted by molar-refractivity contribution is 0.489. The standard InChI is InChI=1S/C16H18BrN3/c1-9-15(10-2-4-11(17)5-3-10)20-16(18-9)13-8-12-6-7-14(13)19-12/h2-5,12-14,19H,6-8H2,1H3,(H,18,20). The maximum absolute atomic E-state index is 4.90. The third kappa shape index (κ3) is 2.02. The van der Waals surface area contributed by atoms with Crippen LogP contribution >= 0.6 is 15.9 Å². The van der Waals surface area contributed by atoms with E-state index < -0.39 is 0 Å². The number of rotatable bonds is 2. The van der Waals surface area contributed by atoms with Gasteiger partial charge in [0.25, 0.3) is 0 Å². The monoisotopic (exact) mass is 331 g/mol. The molecular formula is C16H18BrN3. The molecule has 2 N–H and O–H groups in total. The summed E-state index contributed by atoms with van der Waals surface area (Å²) in [6.45, 7) is 2.12. The summed E-state index contributed by atoms with van der Waals surface area (Å²) < 4.78 is 1.10. The number of H-pyrrole nitrogens is 1. The molecule has 1 aromatic heterocycles. The topological polar surface area (TPSA) is 40.7 Å². The van der Waals surface area contributed by atoms with Crippen LogP contribution in [0.1, 0.15) is 36.7 Å².